The van der Waals surface area contributed by atoms with Gasteiger partial charge in [0.05, 0.1) is 17.5 Å². The summed E-state index contributed by atoms with van der Waals surface area (Å²) in [6.45, 7) is 1.63. The normalized spacial score (nSPS) is 18.4. The minimum atomic E-state index is 0.230. The summed E-state index contributed by atoms with van der Waals surface area (Å²) in [5, 5.41) is 2.02. The van der Waals surface area contributed by atoms with Crippen molar-refractivity contribution in [1.29, 1.82) is 0 Å². The molecule has 0 saturated carbocycles. The third kappa shape index (κ3) is 3.01. The first-order chi connectivity index (χ1) is 11.3. The summed E-state index contributed by atoms with van der Waals surface area (Å²) in [6.07, 6.45) is 2.64. The molecule has 3 heterocycles. The molecule has 4 nitrogen and oxygen atoms in total. The van der Waals surface area contributed by atoms with E-state index in [0.29, 0.717) is 12.3 Å². The number of H-pyrrole nitrogens is 1. The Kier molecular flexibility index (Phi) is 3.87. The fourth-order valence-corrected chi connectivity index (χ4v) is 3.96. The van der Waals surface area contributed by atoms with Crippen LogP contribution in [0.5, 0.6) is 0 Å². The van der Waals surface area contributed by atoms with Crippen LogP contribution in [0.2, 0.25) is 0 Å². The lowest BCUT2D eigenvalue weighted by Gasteiger charge is -2.31. The van der Waals surface area contributed by atoms with Crippen LogP contribution in [-0.4, -0.2) is 33.9 Å². The van der Waals surface area contributed by atoms with E-state index in [0.717, 1.165) is 47.7 Å². The largest absolute Gasteiger partial charge is 0.342 e. The molecule has 2 aromatic heterocycles. The molecule has 5 heteroatoms. The molecule has 23 heavy (non-hydrogen) atoms. The third-order valence-corrected chi connectivity index (χ3v) is 5.35. The monoisotopic (exact) mass is 325 g/mol. The quantitative estimate of drug-likeness (QED) is 0.800. The molecule has 0 spiro atoms. The molecule has 1 saturated heterocycles. The SMILES string of the molecule is O=C(Cc1cccs1)N1CCCC(c2nc3ccccc3[nH]2)C1. The highest BCUT2D eigenvalue weighted by atomic mass is 32.1. The van der Waals surface area contributed by atoms with Gasteiger partial charge in [-0.15, -0.1) is 11.3 Å². The van der Waals surface area contributed by atoms with Gasteiger partial charge in [0.25, 0.3) is 0 Å². The minimum Gasteiger partial charge on any atom is -0.342 e. The average molecular weight is 325 g/mol. The second-order valence-corrected chi connectivity index (χ2v) is 7.11. The van der Waals surface area contributed by atoms with E-state index in [1.807, 2.05) is 46.7 Å². The molecule has 1 aliphatic heterocycles. The number of imidazole rings is 1. The zero-order chi connectivity index (χ0) is 15.6. The predicted molar refractivity (Wildman–Crippen MR) is 92.7 cm³/mol. The van der Waals surface area contributed by atoms with Crippen molar-refractivity contribution in [2.24, 2.45) is 0 Å². The highest BCUT2D eigenvalue weighted by molar-refractivity contribution is 7.10. The van der Waals surface area contributed by atoms with Crippen molar-refractivity contribution in [3.63, 3.8) is 0 Å². The number of hydrogen-bond donors (Lipinski definition) is 1. The van der Waals surface area contributed by atoms with E-state index in [1.54, 1.807) is 11.3 Å². The van der Waals surface area contributed by atoms with Crippen LogP contribution in [0, 0.1) is 0 Å². The molecular weight excluding hydrogens is 306 g/mol. The molecule has 118 valence electrons. The van der Waals surface area contributed by atoms with Crippen molar-refractivity contribution in [3.8, 4) is 0 Å². The maximum atomic E-state index is 12.5. The van der Waals surface area contributed by atoms with Gasteiger partial charge in [0.15, 0.2) is 0 Å². The number of rotatable bonds is 3. The summed E-state index contributed by atoms with van der Waals surface area (Å²) in [5.41, 5.74) is 2.08. The first kappa shape index (κ1) is 14.5. The van der Waals surface area contributed by atoms with Gasteiger partial charge in [-0.2, -0.15) is 0 Å². The molecule has 1 unspecified atom stereocenters. The molecule has 1 atom stereocenters. The Morgan fingerprint density at radius 1 is 1.30 bits per heavy atom. The smallest absolute Gasteiger partial charge is 0.227 e. The topological polar surface area (TPSA) is 49.0 Å². The lowest BCUT2D eigenvalue weighted by atomic mass is 9.97. The fraction of sp³-hybridized carbons (Fsp3) is 0.333. The number of fused-ring (bicyclic) bond motifs is 1. The lowest BCUT2D eigenvalue weighted by Crippen LogP contribution is -2.40. The number of para-hydroxylation sites is 2. The molecule has 0 radical (unpaired) electrons. The number of piperidine rings is 1. The van der Waals surface area contributed by atoms with Crippen LogP contribution in [0.15, 0.2) is 41.8 Å². The second kappa shape index (κ2) is 6.16. The van der Waals surface area contributed by atoms with Crippen molar-refractivity contribution >= 4 is 28.3 Å². The van der Waals surface area contributed by atoms with Gasteiger partial charge in [0.2, 0.25) is 5.91 Å². The number of hydrogen-bond acceptors (Lipinski definition) is 3. The number of benzene rings is 1. The maximum Gasteiger partial charge on any atom is 0.227 e. The fourth-order valence-electron chi connectivity index (χ4n) is 3.27. The number of amides is 1. The number of nitrogens with one attached hydrogen (secondary N) is 1. The van der Waals surface area contributed by atoms with Crippen molar-refractivity contribution in [1.82, 2.24) is 14.9 Å². The average Bonchev–Trinajstić information content (AvgIpc) is 3.24. The minimum absolute atomic E-state index is 0.230. The summed E-state index contributed by atoms with van der Waals surface area (Å²) in [4.78, 5) is 23.8. The maximum absolute atomic E-state index is 12.5. The first-order valence-electron chi connectivity index (χ1n) is 8.04. The number of thiophene rings is 1. The lowest BCUT2D eigenvalue weighted by molar-refractivity contribution is -0.131. The Bertz CT molecular complexity index is 776. The van der Waals surface area contributed by atoms with E-state index >= 15 is 0 Å². The van der Waals surface area contributed by atoms with Crippen LogP contribution in [0.3, 0.4) is 0 Å². The predicted octanol–water partition coefficient (Wildman–Crippen LogP) is 3.57. The first-order valence-corrected chi connectivity index (χ1v) is 8.92. The van der Waals surface area contributed by atoms with E-state index in [2.05, 4.69) is 4.98 Å². The Balaban J connectivity index is 1.49. The summed E-state index contributed by atoms with van der Waals surface area (Å²) >= 11 is 1.65. The highest BCUT2D eigenvalue weighted by Crippen LogP contribution is 2.27. The summed E-state index contributed by atoms with van der Waals surface area (Å²) in [6, 6.07) is 12.1. The van der Waals surface area contributed by atoms with Gasteiger partial charge in [-0.3, -0.25) is 4.79 Å². The van der Waals surface area contributed by atoms with E-state index in [1.165, 1.54) is 0 Å². The van der Waals surface area contributed by atoms with Crippen molar-refractivity contribution < 1.29 is 4.79 Å². The van der Waals surface area contributed by atoms with E-state index in [9.17, 15) is 4.79 Å². The van der Waals surface area contributed by atoms with Gasteiger partial charge in [0.1, 0.15) is 5.82 Å². The molecule has 1 aromatic carbocycles. The number of carbonyl (C=O) groups is 1. The van der Waals surface area contributed by atoms with E-state index in [4.69, 9.17) is 4.98 Å². The molecule has 3 aromatic rings. The summed E-state index contributed by atoms with van der Waals surface area (Å²) < 4.78 is 0. The van der Waals surface area contributed by atoms with Crippen LogP contribution in [0.25, 0.3) is 11.0 Å². The van der Waals surface area contributed by atoms with E-state index in [-0.39, 0.29) is 5.91 Å². The van der Waals surface area contributed by atoms with Crippen molar-refractivity contribution in [3.05, 3.63) is 52.5 Å². The number of aromatic nitrogens is 2. The molecule has 1 N–H and O–H groups in total. The zero-order valence-corrected chi connectivity index (χ0v) is 13.7. The van der Waals surface area contributed by atoms with Gasteiger partial charge in [-0.25, -0.2) is 4.98 Å². The van der Waals surface area contributed by atoms with Crippen molar-refractivity contribution in [2.75, 3.05) is 13.1 Å². The Labute approximate surface area is 139 Å². The van der Waals surface area contributed by atoms with Gasteiger partial charge in [-0.1, -0.05) is 18.2 Å². The molecule has 1 amide bonds. The molecular formula is C18H19N3OS. The number of nitrogens with zero attached hydrogens (tertiary/aromatic N) is 2. The molecule has 1 fully saturated rings. The van der Waals surface area contributed by atoms with Gasteiger partial charge in [-0.05, 0) is 36.4 Å². The molecule has 0 aliphatic carbocycles. The van der Waals surface area contributed by atoms with Crippen LogP contribution < -0.4 is 0 Å². The van der Waals surface area contributed by atoms with Crippen LogP contribution in [0.1, 0.15) is 29.5 Å². The van der Waals surface area contributed by atoms with Gasteiger partial charge in [0, 0.05) is 23.9 Å². The number of likely N-dealkylation sites (tertiary alicyclic amines) is 1. The van der Waals surface area contributed by atoms with Gasteiger partial charge < -0.3 is 9.88 Å². The van der Waals surface area contributed by atoms with Crippen molar-refractivity contribution in [2.45, 2.75) is 25.2 Å². The number of aromatic amines is 1. The third-order valence-electron chi connectivity index (χ3n) is 4.47. The van der Waals surface area contributed by atoms with Crippen LogP contribution in [-0.2, 0) is 11.2 Å². The van der Waals surface area contributed by atoms with Gasteiger partial charge >= 0.3 is 0 Å². The second-order valence-electron chi connectivity index (χ2n) is 6.07. The molecule has 0 bridgehead atoms. The Hall–Kier alpha value is -2.14. The highest BCUT2D eigenvalue weighted by Gasteiger charge is 2.26. The van der Waals surface area contributed by atoms with Crippen LogP contribution in [0.4, 0.5) is 0 Å². The summed E-state index contributed by atoms with van der Waals surface area (Å²) in [7, 11) is 0. The Morgan fingerprint density at radius 3 is 3.04 bits per heavy atom. The van der Waals surface area contributed by atoms with E-state index < -0.39 is 0 Å². The molecule has 1 aliphatic rings. The van der Waals surface area contributed by atoms with Crippen LogP contribution >= 0.6 is 11.3 Å². The standard InChI is InChI=1S/C18H19N3OS/c22-17(11-14-6-4-10-23-14)21-9-3-5-13(12-21)18-19-15-7-1-2-8-16(15)20-18/h1-2,4,6-8,10,13H,3,5,9,11-12H2,(H,19,20). The summed E-state index contributed by atoms with van der Waals surface area (Å²) in [5.74, 6) is 1.55. The Morgan fingerprint density at radius 2 is 2.22 bits per heavy atom. The zero-order valence-electron chi connectivity index (χ0n) is 12.9. The number of carbonyl (C=O) groups excluding carboxylic acids is 1. The molecule has 4 rings (SSSR count).